The van der Waals surface area contributed by atoms with Crippen molar-refractivity contribution in [1.29, 1.82) is 0 Å². The lowest BCUT2D eigenvalue weighted by Crippen LogP contribution is -2.55. The minimum Gasteiger partial charge on any atom is -0.632 e. The molecule has 108 valence electrons. The van der Waals surface area contributed by atoms with Gasteiger partial charge in [0.15, 0.2) is 0 Å². The Kier molecular flexibility index (Phi) is 3.87. The van der Waals surface area contributed by atoms with E-state index in [9.17, 15) is 10.3 Å². The molecule has 20 heavy (non-hydrogen) atoms. The Hall–Kier alpha value is -1.24. The van der Waals surface area contributed by atoms with Gasteiger partial charge in [0.25, 0.3) is 0 Å². The molecule has 0 spiro atoms. The number of hydrogen-bond donors (Lipinski definition) is 1. The lowest BCUT2D eigenvalue weighted by atomic mass is 10.2. The number of benzene rings is 1. The van der Waals surface area contributed by atoms with Crippen LogP contribution >= 0.6 is 0 Å². The minimum atomic E-state index is -0.478. The molecule has 1 aromatic carbocycles. The molecule has 0 aromatic heterocycles. The minimum absolute atomic E-state index is 0.0962. The molecule has 2 saturated heterocycles. The molecule has 0 radical (unpaired) electrons. The highest BCUT2D eigenvalue weighted by molar-refractivity contribution is 5.48. The lowest BCUT2D eigenvalue weighted by molar-refractivity contribution is -0.890. The predicted molar refractivity (Wildman–Crippen MR) is 74.3 cm³/mol. The summed E-state index contributed by atoms with van der Waals surface area (Å²) in [5, 5.41) is 21.9. The molecule has 4 atom stereocenters. The fourth-order valence-electron chi connectivity index (χ4n) is 2.77. The Bertz CT molecular complexity index is 478. The van der Waals surface area contributed by atoms with E-state index in [2.05, 4.69) is 0 Å². The number of fused-ring (bicyclic) bond motifs is 2. The zero-order valence-corrected chi connectivity index (χ0v) is 11.2. The fraction of sp³-hybridized carbons (Fsp3) is 0.467. The maximum Gasteiger partial charge on any atom is 0.208 e. The maximum atomic E-state index is 12.7. The summed E-state index contributed by atoms with van der Waals surface area (Å²) in [6.45, 7) is 0.917. The van der Waals surface area contributed by atoms with E-state index in [0.717, 1.165) is 5.56 Å². The summed E-state index contributed by atoms with van der Waals surface area (Å²) in [7, 11) is 0. The van der Waals surface area contributed by atoms with Gasteiger partial charge in [-0.15, -0.1) is 0 Å². The topological polar surface area (TPSA) is 61.8 Å². The molecular formula is C15H19NO4. The van der Waals surface area contributed by atoms with E-state index >= 15 is 0 Å². The fourth-order valence-corrected chi connectivity index (χ4v) is 2.77. The van der Waals surface area contributed by atoms with Crippen LogP contribution in [-0.2, 0) is 9.47 Å². The predicted octanol–water partition coefficient (Wildman–Crippen LogP) is 1.13. The van der Waals surface area contributed by atoms with Crippen LogP contribution in [0.15, 0.2) is 36.4 Å². The number of aliphatic hydroxyl groups is 1. The van der Waals surface area contributed by atoms with E-state index in [4.69, 9.17) is 9.47 Å². The molecule has 0 amide bonds. The molecule has 5 nitrogen and oxygen atoms in total. The smallest absolute Gasteiger partial charge is 0.208 e. The first kappa shape index (κ1) is 13.7. The summed E-state index contributed by atoms with van der Waals surface area (Å²) in [5.41, 5.74) is 1.08. The first-order valence-corrected chi connectivity index (χ1v) is 6.89. The second-order valence-corrected chi connectivity index (χ2v) is 5.38. The summed E-state index contributed by atoms with van der Waals surface area (Å²) in [6.07, 6.45) is 2.74. The number of ether oxygens (including phenoxy) is 2. The standard InChI is InChI=1S/C15H19NO4/c17-11-14-13-9-16(18,10-15(19-13)20-14)8-4-7-12-5-2-1-3-6-12/h1-7,13-15,17H,8-11H2/b7-4+/t13-,14-,15-,16?/m0/s1. The average molecular weight is 277 g/mol. The van der Waals surface area contributed by atoms with Crippen LogP contribution in [0.1, 0.15) is 5.56 Å². The van der Waals surface area contributed by atoms with Gasteiger partial charge >= 0.3 is 0 Å². The number of aliphatic hydroxyl groups excluding tert-OH is 1. The van der Waals surface area contributed by atoms with Gasteiger partial charge in [0, 0.05) is 0 Å². The summed E-state index contributed by atoms with van der Waals surface area (Å²) >= 11 is 0. The zero-order valence-electron chi connectivity index (χ0n) is 11.2. The van der Waals surface area contributed by atoms with Crippen molar-refractivity contribution in [3.05, 3.63) is 47.2 Å². The largest absolute Gasteiger partial charge is 0.632 e. The average Bonchev–Trinajstić information content (AvgIpc) is 2.74. The number of hydroxylamine groups is 3. The first-order chi connectivity index (χ1) is 9.68. The Morgan fingerprint density at radius 2 is 2.05 bits per heavy atom. The van der Waals surface area contributed by atoms with Gasteiger partial charge < -0.3 is 24.4 Å². The van der Waals surface area contributed by atoms with Gasteiger partial charge in [-0.1, -0.05) is 36.4 Å². The first-order valence-electron chi connectivity index (χ1n) is 6.89. The van der Waals surface area contributed by atoms with Crippen LogP contribution in [0.25, 0.3) is 6.08 Å². The molecule has 2 aliphatic rings. The van der Waals surface area contributed by atoms with Gasteiger partial charge in [0.1, 0.15) is 25.3 Å². The molecule has 2 fully saturated rings. The van der Waals surface area contributed by atoms with E-state index < -0.39 is 6.29 Å². The normalized spacial score (nSPS) is 36.6. The van der Waals surface area contributed by atoms with E-state index in [-0.39, 0.29) is 30.0 Å². The number of morpholine rings is 1. The van der Waals surface area contributed by atoms with Gasteiger partial charge in [-0.2, -0.15) is 0 Å². The van der Waals surface area contributed by atoms with E-state index in [1.54, 1.807) is 0 Å². The third kappa shape index (κ3) is 2.92. The van der Waals surface area contributed by atoms with Crippen LogP contribution in [0.2, 0.25) is 0 Å². The summed E-state index contributed by atoms with van der Waals surface area (Å²) < 4.78 is 10.7. The zero-order chi connectivity index (χ0) is 14.0. The summed E-state index contributed by atoms with van der Waals surface area (Å²) in [4.78, 5) is 0. The van der Waals surface area contributed by atoms with Crippen molar-refractivity contribution in [1.82, 2.24) is 0 Å². The van der Waals surface area contributed by atoms with Crippen molar-refractivity contribution in [3.63, 3.8) is 0 Å². The Labute approximate surface area is 118 Å². The number of quaternary nitrogens is 1. The van der Waals surface area contributed by atoms with Gasteiger partial charge in [-0.25, -0.2) is 0 Å². The molecule has 2 heterocycles. The molecule has 3 rings (SSSR count). The van der Waals surface area contributed by atoms with Crippen molar-refractivity contribution in [3.8, 4) is 0 Å². The van der Waals surface area contributed by atoms with Gasteiger partial charge in [-0.3, -0.25) is 0 Å². The van der Waals surface area contributed by atoms with Crippen molar-refractivity contribution >= 4 is 6.08 Å². The third-order valence-electron chi connectivity index (χ3n) is 3.79. The molecule has 1 N–H and O–H groups in total. The number of nitrogens with zero attached hydrogens (tertiary/aromatic N) is 1. The van der Waals surface area contributed by atoms with Crippen LogP contribution < -0.4 is 0 Å². The highest BCUT2D eigenvalue weighted by Crippen LogP contribution is 2.29. The highest BCUT2D eigenvalue weighted by Gasteiger charge is 2.46. The van der Waals surface area contributed by atoms with Crippen LogP contribution in [-0.4, -0.2) is 54.5 Å². The molecular weight excluding hydrogens is 258 g/mol. The maximum absolute atomic E-state index is 12.7. The number of hydrogen-bond acceptors (Lipinski definition) is 4. The Morgan fingerprint density at radius 1 is 1.25 bits per heavy atom. The van der Waals surface area contributed by atoms with E-state index in [1.807, 2.05) is 42.5 Å². The van der Waals surface area contributed by atoms with Crippen LogP contribution in [0.5, 0.6) is 0 Å². The second-order valence-electron chi connectivity index (χ2n) is 5.38. The van der Waals surface area contributed by atoms with Gasteiger partial charge in [0.05, 0.1) is 13.2 Å². The lowest BCUT2D eigenvalue weighted by Gasteiger charge is -2.46. The Morgan fingerprint density at radius 3 is 2.80 bits per heavy atom. The Balaban J connectivity index is 1.61. The summed E-state index contributed by atoms with van der Waals surface area (Å²) in [6, 6.07) is 9.90. The van der Waals surface area contributed by atoms with Crippen LogP contribution in [0.3, 0.4) is 0 Å². The highest BCUT2D eigenvalue weighted by atomic mass is 16.7. The third-order valence-corrected chi connectivity index (χ3v) is 3.79. The van der Waals surface area contributed by atoms with Crippen molar-refractivity contribution in [2.75, 3.05) is 26.2 Å². The van der Waals surface area contributed by atoms with Gasteiger partial charge in [-0.05, 0) is 11.6 Å². The monoisotopic (exact) mass is 277 g/mol. The number of rotatable bonds is 4. The van der Waals surface area contributed by atoms with Gasteiger partial charge in [0.2, 0.25) is 6.29 Å². The van der Waals surface area contributed by atoms with E-state index in [0.29, 0.717) is 13.1 Å². The molecule has 1 aromatic rings. The molecule has 0 saturated carbocycles. The van der Waals surface area contributed by atoms with E-state index in [1.165, 1.54) is 0 Å². The van der Waals surface area contributed by atoms with Crippen molar-refractivity contribution < 1.29 is 19.2 Å². The molecule has 2 bridgehead atoms. The molecule has 5 heteroatoms. The van der Waals surface area contributed by atoms with Crippen LogP contribution in [0, 0.1) is 5.21 Å². The van der Waals surface area contributed by atoms with Crippen molar-refractivity contribution in [2.45, 2.75) is 18.5 Å². The quantitative estimate of drug-likeness (QED) is 0.662. The van der Waals surface area contributed by atoms with Crippen LogP contribution in [0.4, 0.5) is 0 Å². The molecule has 1 unspecified atom stereocenters. The molecule has 2 aliphatic heterocycles. The SMILES string of the molecule is [O-][N+]1(C/C=C/c2ccccc2)C[C@@H]2O[C@@H](CO)[C@H](C1)O2. The van der Waals surface area contributed by atoms with Crippen molar-refractivity contribution in [2.24, 2.45) is 0 Å². The second kappa shape index (κ2) is 5.63. The molecule has 0 aliphatic carbocycles. The summed E-state index contributed by atoms with van der Waals surface area (Å²) in [5.74, 6) is 0.